The standard InChI is InChI=1S/C15H14BrN5S/c16-10-5-3-9(4-6-10)11-8-12(13-2-1-7-22-13)21-15(18-11)19-14(17)20-21/h1-7,11-12H,8H2,(H3,17,18,19,20)/t11-,12-/m1/s1. The van der Waals surface area contributed by atoms with E-state index in [-0.39, 0.29) is 12.1 Å². The molecule has 1 aliphatic heterocycles. The minimum Gasteiger partial charge on any atom is -0.366 e. The van der Waals surface area contributed by atoms with E-state index in [1.807, 2.05) is 4.68 Å². The predicted octanol–water partition coefficient (Wildman–Crippen LogP) is 3.83. The lowest BCUT2D eigenvalue weighted by Gasteiger charge is -2.31. The number of halogens is 1. The van der Waals surface area contributed by atoms with Gasteiger partial charge in [-0.2, -0.15) is 4.98 Å². The van der Waals surface area contributed by atoms with Crippen molar-refractivity contribution in [2.45, 2.75) is 18.5 Å². The summed E-state index contributed by atoms with van der Waals surface area (Å²) in [5.41, 5.74) is 7.03. The van der Waals surface area contributed by atoms with Gasteiger partial charge >= 0.3 is 0 Å². The molecule has 0 radical (unpaired) electrons. The molecule has 112 valence electrons. The maximum atomic E-state index is 5.79. The Labute approximate surface area is 140 Å². The molecule has 3 aromatic rings. The molecular formula is C15H14BrN5S. The van der Waals surface area contributed by atoms with Crippen molar-refractivity contribution in [3.05, 3.63) is 56.7 Å². The number of anilines is 2. The highest BCUT2D eigenvalue weighted by molar-refractivity contribution is 9.10. The molecule has 4 rings (SSSR count). The number of nitrogen functional groups attached to an aromatic ring is 1. The zero-order valence-corrected chi connectivity index (χ0v) is 14.0. The van der Waals surface area contributed by atoms with Crippen LogP contribution in [0.25, 0.3) is 0 Å². The van der Waals surface area contributed by atoms with E-state index in [9.17, 15) is 0 Å². The van der Waals surface area contributed by atoms with Gasteiger partial charge in [-0.05, 0) is 35.6 Å². The number of nitrogens with one attached hydrogen (secondary N) is 1. The number of hydrogen-bond donors (Lipinski definition) is 2. The van der Waals surface area contributed by atoms with Gasteiger partial charge in [-0.3, -0.25) is 0 Å². The number of rotatable bonds is 2. The number of nitrogens with two attached hydrogens (primary N) is 1. The third-order valence-corrected chi connectivity index (χ3v) is 5.35. The molecule has 3 heterocycles. The van der Waals surface area contributed by atoms with Gasteiger partial charge in [-0.25, -0.2) is 4.68 Å². The summed E-state index contributed by atoms with van der Waals surface area (Å²) in [4.78, 5) is 5.59. The van der Waals surface area contributed by atoms with Crippen molar-refractivity contribution in [3.63, 3.8) is 0 Å². The van der Waals surface area contributed by atoms with Crippen LogP contribution >= 0.6 is 27.3 Å². The van der Waals surface area contributed by atoms with Crippen molar-refractivity contribution in [1.82, 2.24) is 14.8 Å². The lowest BCUT2D eigenvalue weighted by atomic mass is 9.97. The molecule has 0 saturated heterocycles. The van der Waals surface area contributed by atoms with Crippen LogP contribution in [-0.2, 0) is 0 Å². The molecule has 22 heavy (non-hydrogen) atoms. The average molecular weight is 376 g/mol. The summed E-state index contributed by atoms with van der Waals surface area (Å²) in [7, 11) is 0. The molecule has 0 unspecified atom stereocenters. The molecule has 0 amide bonds. The summed E-state index contributed by atoms with van der Waals surface area (Å²) in [6.45, 7) is 0. The summed E-state index contributed by atoms with van der Waals surface area (Å²) in [6.07, 6.45) is 0.915. The van der Waals surface area contributed by atoms with Crippen LogP contribution in [0.1, 0.15) is 28.9 Å². The van der Waals surface area contributed by atoms with Crippen LogP contribution in [0.4, 0.5) is 11.9 Å². The summed E-state index contributed by atoms with van der Waals surface area (Å²) in [6, 6.07) is 12.9. The number of hydrogen-bond acceptors (Lipinski definition) is 5. The van der Waals surface area contributed by atoms with Gasteiger partial charge in [0.15, 0.2) is 0 Å². The number of fused-ring (bicyclic) bond motifs is 1. The van der Waals surface area contributed by atoms with Crippen molar-refractivity contribution >= 4 is 39.2 Å². The molecular weight excluding hydrogens is 362 g/mol. The van der Waals surface area contributed by atoms with Gasteiger partial charge in [-0.15, -0.1) is 16.4 Å². The Bertz CT molecular complexity index is 781. The Balaban J connectivity index is 1.74. The zero-order chi connectivity index (χ0) is 15.1. The van der Waals surface area contributed by atoms with E-state index in [4.69, 9.17) is 5.73 Å². The van der Waals surface area contributed by atoms with E-state index in [1.54, 1.807) is 11.3 Å². The topological polar surface area (TPSA) is 68.8 Å². The molecule has 5 nitrogen and oxygen atoms in total. The molecule has 0 fully saturated rings. The Hall–Kier alpha value is -1.86. The van der Waals surface area contributed by atoms with Crippen molar-refractivity contribution in [1.29, 1.82) is 0 Å². The maximum Gasteiger partial charge on any atom is 0.241 e. The van der Waals surface area contributed by atoms with E-state index in [0.29, 0.717) is 5.95 Å². The van der Waals surface area contributed by atoms with Gasteiger partial charge in [0.05, 0.1) is 12.1 Å². The molecule has 0 bridgehead atoms. The molecule has 0 aliphatic carbocycles. The highest BCUT2D eigenvalue weighted by Gasteiger charge is 2.31. The second kappa shape index (κ2) is 5.40. The minimum atomic E-state index is 0.162. The zero-order valence-electron chi connectivity index (χ0n) is 11.6. The quantitative estimate of drug-likeness (QED) is 0.713. The molecule has 7 heteroatoms. The number of aromatic nitrogens is 3. The lowest BCUT2D eigenvalue weighted by molar-refractivity contribution is 0.437. The van der Waals surface area contributed by atoms with Crippen LogP contribution in [-0.4, -0.2) is 14.8 Å². The van der Waals surface area contributed by atoms with E-state index < -0.39 is 0 Å². The fourth-order valence-electron chi connectivity index (χ4n) is 2.83. The smallest absolute Gasteiger partial charge is 0.241 e. The first-order chi connectivity index (χ1) is 10.7. The summed E-state index contributed by atoms with van der Waals surface area (Å²) in [5, 5.41) is 9.88. The summed E-state index contributed by atoms with van der Waals surface area (Å²) >= 11 is 5.22. The highest BCUT2D eigenvalue weighted by atomic mass is 79.9. The van der Waals surface area contributed by atoms with Crippen LogP contribution in [0, 0.1) is 0 Å². The van der Waals surface area contributed by atoms with Crippen LogP contribution in [0.3, 0.4) is 0 Å². The SMILES string of the molecule is Nc1nc2n(n1)[C@@H](c1cccs1)C[C@H](c1ccc(Br)cc1)N2. The van der Waals surface area contributed by atoms with Gasteiger partial charge in [0.25, 0.3) is 0 Å². The van der Waals surface area contributed by atoms with Crippen molar-refractivity contribution in [2.24, 2.45) is 0 Å². The molecule has 1 aliphatic rings. The third kappa shape index (κ3) is 2.40. The monoisotopic (exact) mass is 375 g/mol. The minimum absolute atomic E-state index is 0.162. The van der Waals surface area contributed by atoms with Gasteiger partial charge in [-0.1, -0.05) is 34.1 Å². The average Bonchev–Trinajstić information content (AvgIpc) is 3.15. The van der Waals surface area contributed by atoms with Crippen LogP contribution in [0.15, 0.2) is 46.3 Å². The van der Waals surface area contributed by atoms with Gasteiger partial charge in [0.1, 0.15) is 0 Å². The molecule has 1 aromatic carbocycles. The van der Waals surface area contributed by atoms with Gasteiger partial charge < -0.3 is 11.1 Å². The fraction of sp³-hybridized carbons (Fsp3) is 0.200. The second-order valence-corrected chi connectivity index (χ2v) is 7.15. The van der Waals surface area contributed by atoms with E-state index in [0.717, 1.165) is 16.8 Å². The summed E-state index contributed by atoms with van der Waals surface area (Å²) in [5.74, 6) is 1.04. The molecule has 2 aromatic heterocycles. The number of benzene rings is 1. The summed E-state index contributed by atoms with van der Waals surface area (Å²) < 4.78 is 2.98. The van der Waals surface area contributed by atoms with Crippen LogP contribution in [0.2, 0.25) is 0 Å². The first-order valence-corrected chi connectivity index (χ1v) is 8.65. The Morgan fingerprint density at radius 2 is 2.09 bits per heavy atom. The van der Waals surface area contributed by atoms with Gasteiger partial charge in [0.2, 0.25) is 11.9 Å². The maximum absolute atomic E-state index is 5.79. The molecule has 0 saturated carbocycles. The van der Waals surface area contributed by atoms with Crippen molar-refractivity contribution < 1.29 is 0 Å². The van der Waals surface area contributed by atoms with Crippen molar-refractivity contribution in [3.8, 4) is 0 Å². The number of thiophene rings is 1. The Morgan fingerprint density at radius 3 is 2.82 bits per heavy atom. The van der Waals surface area contributed by atoms with Crippen LogP contribution in [0.5, 0.6) is 0 Å². The highest BCUT2D eigenvalue weighted by Crippen LogP contribution is 2.39. The first-order valence-electron chi connectivity index (χ1n) is 6.98. The van der Waals surface area contributed by atoms with E-state index >= 15 is 0 Å². The van der Waals surface area contributed by atoms with Gasteiger partial charge in [0, 0.05) is 9.35 Å². The van der Waals surface area contributed by atoms with Crippen molar-refractivity contribution in [2.75, 3.05) is 11.1 Å². The predicted molar refractivity (Wildman–Crippen MR) is 92.0 cm³/mol. The van der Waals surface area contributed by atoms with E-state index in [2.05, 4.69) is 73.1 Å². The second-order valence-electron chi connectivity index (χ2n) is 5.25. The fourth-order valence-corrected chi connectivity index (χ4v) is 3.91. The third-order valence-electron chi connectivity index (χ3n) is 3.85. The Morgan fingerprint density at radius 1 is 1.27 bits per heavy atom. The molecule has 3 N–H and O–H groups in total. The van der Waals surface area contributed by atoms with E-state index in [1.165, 1.54) is 10.4 Å². The molecule has 2 atom stereocenters. The normalized spacial score (nSPS) is 20.4. The first kappa shape index (κ1) is 13.8. The number of nitrogens with zero attached hydrogens (tertiary/aromatic N) is 3. The molecule has 0 spiro atoms. The largest absolute Gasteiger partial charge is 0.366 e. The Kier molecular flexibility index (Phi) is 3.38. The van der Waals surface area contributed by atoms with Crippen LogP contribution < -0.4 is 11.1 Å². The lowest BCUT2D eigenvalue weighted by Crippen LogP contribution is -2.27.